The molecule has 1 fully saturated rings. The molecule has 0 spiro atoms. The highest BCUT2D eigenvalue weighted by Gasteiger charge is 2.36. The van der Waals surface area contributed by atoms with E-state index in [1.54, 1.807) is 0 Å². The zero-order valence-electron chi connectivity index (χ0n) is 11.5. The zero-order chi connectivity index (χ0) is 13.5. The Hall–Kier alpha value is -1.75. The van der Waals surface area contributed by atoms with Crippen molar-refractivity contribution in [2.24, 2.45) is 0 Å². The summed E-state index contributed by atoms with van der Waals surface area (Å²) in [4.78, 5) is 8.93. The molecule has 5 heteroatoms. The smallest absolute Gasteiger partial charge is 0.247 e. The van der Waals surface area contributed by atoms with Crippen LogP contribution in [0, 0.1) is 13.8 Å². The lowest BCUT2D eigenvalue weighted by molar-refractivity contribution is 0.275. The maximum absolute atomic E-state index is 5.43. The second-order valence-electron chi connectivity index (χ2n) is 5.46. The van der Waals surface area contributed by atoms with E-state index >= 15 is 0 Å². The topological polar surface area (TPSA) is 63.8 Å². The van der Waals surface area contributed by atoms with Gasteiger partial charge in [-0.05, 0) is 51.3 Å². The third kappa shape index (κ3) is 2.14. The van der Waals surface area contributed by atoms with E-state index in [0.717, 1.165) is 36.2 Å². The van der Waals surface area contributed by atoms with E-state index in [4.69, 9.17) is 4.52 Å². The van der Waals surface area contributed by atoms with Gasteiger partial charge in [-0.25, -0.2) is 0 Å². The maximum Gasteiger partial charge on any atom is 0.247 e. The molecule has 5 nitrogen and oxygen atoms in total. The molecule has 3 rings (SSSR count). The van der Waals surface area contributed by atoms with Gasteiger partial charge in [0.1, 0.15) is 5.69 Å². The number of hydrogen-bond acceptors (Lipinski definition) is 5. The summed E-state index contributed by atoms with van der Waals surface area (Å²) in [5.74, 6) is 1.23. The van der Waals surface area contributed by atoms with Gasteiger partial charge < -0.3 is 9.84 Å². The van der Waals surface area contributed by atoms with Gasteiger partial charge in [0.15, 0.2) is 0 Å². The molecule has 3 heterocycles. The quantitative estimate of drug-likeness (QED) is 0.895. The van der Waals surface area contributed by atoms with Crippen LogP contribution in [0.5, 0.6) is 0 Å². The van der Waals surface area contributed by atoms with Gasteiger partial charge in [-0.2, -0.15) is 4.98 Å². The molecule has 1 N–H and O–H groups in total. The Bertz CT molecular complexity index is 599. The molecule has 1 saturated heterocycles. The molecule has 0 aliphatic carbocycles. The number of pyridine rings is 1. The van der Waals surface area contributed by atoms with Gasteiger partial charge in [-0.3, -0.25) is 4.98 Å². The number of aromatic nitrogens is 3. The normalized spacial score (nSPS) is 22.9. The van der Waals surface area contributed by atoms with Crippen LogP contribution in [0.15, 0.2) is 16.8 Å². The fraction of sp³-hybridized carbons (Fsp3) is 0.500. The van der Waals surface area contributed by atoms with E-state index in [-0.39, 0.29) is 5.54 Å². The van der Waals surface area contributed by atoms with E-state index in [2.05, 4.69) is 33.4 Å². The van der Waals surface area contributed by atoms with Crippen molar-refractivity contribution in [1.29, 1.82) is 0 Å². The van der Waals surface area contributed by atoms with Crippen molar-refractivity contribution in [3.05, 3.63) is 29.3 Å². The second-order valence-corrected chi connectivity index (χ2v) is 5.46. The minimum absolute atomic E-state index is 0.191. The Kier molecular flexibility index (Phi) is 2.86. The van der Waals surface area contributed by atoms with Gasteiger partial charge in [-0.15, -0.1) is 0 Å². The van der Waals surface area contributed by atoms with E-state index in [1.807, 2.05) is 20.0 Å². The van der Waals surface area contributed by atoms with Crippen LogP contribution in [-0.4, -0.2) is 21.7 Å². The Morgan fingerprint density at radius 3 is 2.89 bits per heavy atom. The van der Waals surface area contributed by atoms with Gasteiger partial charge in [-0.1, -0.05) is 11.2 Å². The van der Waals surface area contributed by atoms with Gasteiger partial charge >= 0.3 is 0 Å². The summed E-state index contributed by atoms with van der Waals surface area (Å²) in [7, 11) is 0. The van der Waals surface area contributed by atoms with Gasteiger partial charge in [0, 0.05) is 6.20 Å². The standard InChI is InChI=1S/C14H18N4O/c1-9-7-10(2)11(15-8-9)12-17-13(19-18-12)14(3)5-4-6-16-14/h7-8,16H,4-6H2,1-3H3. The number of nitrogens with zero attached hydrogens (tertiary/aromatic N) is 3. The summed E-state index contributed by atoms with van der Waals surface area (Å²) in [5.41, 5.74) is 2.80. The third-order valence-electron chi connectivity index (χ3n) is 3.69. The number of hydrogen-bond donors (Lipinski definition) is 1. The van der Waals surface area contributed by atoms with E-state index in [0.29, 0.717) is 11.7 Å². The number of aryl methyl sites for hydroxylation is 2. The molecule has 1 atom stereocenters. The first-order chi connectivity index (χ1) is 9.08. The Morgan fingerprint density at radius 1 is 1.37 bits per heavy atom. The fourth-order valence-electron chi connectivity index (χ4n) is 2.57. The summed E-state index contributed by atoms with van der Waals surface area (Å²) < 4.78 is 5.43. The molecule has 1 aliphatic heterocycles. The lowest BCUT2D eigenvalue weighted by atomic mass is 10.0. The summed E-state index contributed by atoms with van der Waals surface area (Å²) in [5, 5.41) is 7.50. The van der Waals surface area contributed by atoms with Crippen LogP contribution in [-0.2, 0) is 5.54 Å². The highest BCUT2D eigenvalue weighted by molar-refractivity contribution is 5.54. The molecular weight excluding hydrogens is 240 g/mol. The second kappa shape index (κ2) is 4.42. The lowest BCUT2D eigenvalue weighted by Crippen LogP contribution is -2.33. The number of rotatable bonds is 2. The van der Waals surface area contributed by atoms with Crippen LogP contribution in [0.2, 0.25) is 0 Å². The van der Waals surface area contributed by atoms with Crippen LogP contribution < -0.4 is 5.32 Å². The van der Waals surface area contributed by atoms with Gasteiger partial charge in [0.05, 0.1) is 5.54 Å². The van der Waals surface area contributed by atoms with Crippen LogP contribution in [0.4, 0.5) is 0 Å². The molecule has 1 unspecified atom stereocenters. The first-order valence-corrected chi connectivity index (χ1v) is 6.61. The Balaban J connectivity index is 1.97. The minimum atomic E-state index is -0.191. The summed E-state index contributed by atoms with van der Waals surface area (Å²) in [6.45, 7) is 7.14. The van der Waals surface area contributed by atoms with Crippen molar-refractivity contribution in [1.82, 2.24) is 20.4 Å². The van der Waals surface area contributed by atoms with Crippen molar-refractivity contribution in [2.75, 3.05) is 6.54 Å². The monoisotopic (exact) mass is 258 g/mol. The predicted molar refractivity (Wildman–Crippen MR) is 71.6 cm³/mol. The van der Waals surface area contributed by atoms with Gasteiger partial charge in [0.2, 0.25) is 11.7 Å². The first kappa shape index (κ1) is 12.3. The van der Waals surface area contributed by atoms with Crippen molar-refractivity contribution in [3.63, 3.8) is 0 Å². The Morgan fingerprint density at radius 2 is 2.21 bits per heavy atom. The van der Waals surface area contributed by atoms with Crippen molar-refractivity contribution in [3.8, 4) is 11.5 Å². The average molecular weight is 258 g/mol. The number of nitrogens with one attached hydrogen (secondary N) is 1. The van der Waals surface area contributed by atoms with E-state index in [9.17, 15) is 0 Å². The average Bonchev–Trinajstić information content (AvgIpc) is 2.99. The first-order valence-electron chi connectivity index (χ1n) is 6.61. The van der Waals surface area contributed by atoms with Crippen LogP contribution in [0.3, 0.4) is 0 Å². The molecule has 0 radical (unpaired) electrons. The van der Waals surface area contributed by atoms with E-state index in [1.165, 1.54) is 0 Å². The molecular formula is C14H18N4O. The maximum atomic E-state index is 5.43. The SMILES string of the molecule is Cc1cnc(-c2noc(C3(C)CCCN3)n2)c(C)c1. The molecule has 0 saturated carbocycles. The van der Waals surface area contributed by atoms with Crippen LogP contribution >= 0.6 is 0 Å². The van der Waals surface area contributed by atoms with Crippen LogP contribution in [0.25, 0.3) is 11.5 Å². The van der Waals surface area contributed by atoms with E-state index < -0.39 is 0 Å². The van der Waals surface area contributed by atoms with Crippen molar-refractivity contribution in [2.45, 2.75) is 39.2 Å². The van der Waals surface area contributed by atoms with Crippen LogP contribution in [0.1, 0.15) is 36.8 Å². The van der Waals surface area contributed by atoms with Gasteiger partial charge in [0.25, 0.3) is 0 Å². The minimum Gasteiger partial charge on any atom is -0.337 e. The lowest BCUT2D eigenvalue weighted by Gasteiger charge is -2.18. The molecule has 100 valence electrons. The highest BCUT2D eigenvalue weighted by atomic mass is 16.5. The third-order valence-corrected chi connectivity index (χ3v) is 3.69. The molecule has 0 bridgehead atoms. The van der Waals surface area contributed by atoms with Crippen molar-refractivity contribution >= 4 is 0 Å². The molecule has 19 heavy (non-hydrogen) atoms. The molecule has 1 aliphatic rings. The molecule has 0 aromatic carbocycles. The van der Waals surface area contributed by atoms with Crippen molar-refractivity contribution < 1.29 is 4.52 Å². The molecule has 2 aromatic rings. The molecule has 0 amide bonds. The largest absolute Gasteiger partial charge is 0.337 e. The zero-order valence-corrected chi connectivity index (χ0v) is 11.5. The molecule has 2 aromatic heterocycles. The summed E-state index contributed by atoms with van der Waals surface area (Å²) >= 11 is 0. The highest BCUT2D eigenvalue weighted by Crippen LogP contribution is 2.30. The fourth-order valence-corrected chi connectivity index (χ4v) is 2.57. The predicted octanol–water partition coefficient (Wildman–Crippen LogP) is 2.35. The summed E-state index contributed by atoms with van der Waals surface area (Å²) in [6, 6.07) is 2.08. The summed E-state index contributed by atoms with van der Waals surface area (Å²) in [6.07, 6.45) is 3.98. The Labute approximate surface area is 112 Å².